The summed E-state index contributed by atoms with van der Waals surface area (Å²) in [6.07, 6.45) is 12.9. The first-order chi connectivity index (χ1) is 14.7. The van der Waals surface area contributed by atoms with E-state index in [9.17, 15) is 4.79 Å². The zero-order chi connectivity index (χ0) is 20.8. The van der Waals surface area contributed by atoms with Crippen LogP contribution in [0.3, 0.4) is 0 Å². The second-order valence-corrected chi connectivity index (χ2v) is 8.03. The van der Waals surface area contributed by atoms with Gasteiger partial charge >= 0.3 is 0 Å². The minimum Gasteiger partial charge on any atom is -0.397 e. The summed E-state index contributed by atoms with van der Waals surface area (Å²) in [5.74, 6) is 0.610. The highest BCUT2D eigenvalue weighted by atomic mass is 16.1. The van der Waals surface area contributed by atoms with Crippen molar-refractivity contribution in [2.45, 2.75) is 51.5 Å². The molecule has 2 heterocycles. The van der Waals surface area contributed by atoms with Crippen molar-refractivity contribution in [2.24, 2.45) is 5.92 Å². The van der Waals surface area contributed by atoms with Crippen molar-refractivity contribution < 1.29 is 4.79 Å². The maximum Gasteiger partial charge on any atom is 0.224 e. The molecule has 0 spiro atoms. The maximum atomic E-state index is 12.5. The van der Waals surface area contributed by atoms with Crippen LogP contribution in [0.25, 0.3) is 11.1 Å². The first kappa shape index (κ1) is 20.1. The van der Waals surface area contributed by atoms with Crippen molar-refractivity contribution in [3.8, 4) is 11.1 Å². The molecule has 0 radical (unpaired) electrons. The molecule has 3 aromatic rings. The minimum absolute atomic E-state index is 0.0909. The van der Waals surface area contributed by atoms with E-state index in [4.69, 9.17) is 5.73 Å². The number of amides is 1. The van der Waals surface area contributed by atoms with Crippen LogP contribution in [0, 0.1) is 5.92 Å². The number of benzene rings is 1. The molecule has 7 nitrogen and oxygen atoms in total. The highest BCUT2D eigenvalue weighted by Crippen LogP contribution is 2.27. The van der Waals surface area contributed by atoms with Crippen LogP contribution in [0.4, 0.5) is 11.4 Å². The molecule has 4 rings (SSSR count). The maximum absolute atomic E-state index is 12.5. The fourth-order valence-corrected chi connectivity index (χ4v) is 4.01. The lowest BCUT2D eigenvalue weighted by molar-refractivity contribution is -0.116. The van der Waals surface area contributed by atoms with Crippen LogP contribution in [0.1, 0.15) is 44.2 Å². The number of hydrogen-bond acceptors (Lipinski definition) is 5. The number of nitrogen functional groups attached to an aromatic ring is 1. The summed E-state index contributed by atoms with van der Waals surface area (Å²) in [6, 6.07) is 9.46. The Morgan fingerprint density at radius 1 is 1.17 bits per heavy atom. The van der Waals surface area contributed by atoms with Gasteiger partial charge in [0.2, 0.25) is 5.91 Å². The van der Waals surface area contributed by atoms with E-state index in [0.717, 1.165) is 23.4 Å². The molecule has 1 saturated carbocycles. The molecule has 7 heteroatoms. The molecule has 30 heavy (non-hydrogen) atoms. The number of carbonyl (C=O) groups excluding carboxylic acids is 1. The van der Waals surface area contributed by atoms with E-state index >= 15 is 0 Å². The summed E-state index contributed by atoms with van der Waals surface area (Å²) in [5.41, 5.74) is 9.99. The number of rotatable bonds is 7. The molecule has 0 saturated heterocycles. The molecule has 2 aromatic heterocycles. The number of anilines is 2. The fourth-order valence-electron chi connectivity index (χ4n) is 4.01. The summed E-state index contributed by atoms with van der Waals surface area (Å²) >= 11 is 0. The molecule has 1 aliphatic carbocycles. The quantitative estimate of drug-likeness (QED) is 0.578. The Bertz CT molecular complexity index is 978. The summed E-state index contributed by atoms with van der Waals surface area (Å²) in [5, 5.41) is 11.4. The Labute approximate surface area is 176 Å². The van der Waals surface area contributed by atoms with Crippen molar-refractivity contribution in [2.75, 3.05) is 11.1 Å². The third-order valence-corrected chi connectivity index (χ3v) is 5.69. The Balaban J connectivity index is 1.32. The van der Waals surface area contributed by atoms with E-state index in [-0.39, 0.29) is 5.91 Å². The first-order valence-electron chi connectivity index (χ1n) is 10.7. The molecule has 1 aliphatic rings. The number of aromatic nitrogens is 4. The van der Waals surface area contributed by atoms with Gasteiger partial charge in [-0.2, -0.15) is 0 Å². The van der Waals surface area contributed by atoms with Crippen molar-refractivity contribution in [1.29, 1.82) is 0 Å². The van der Waals surface area contributed by atoms with Crippen LogP contribution in [0.15, 0.2) is 48.9 Å². The molecule has 0 aliphatic heterocycles. The van der Waals surface area contributed by atoms with Gasteiger partial charge in [0.15, 0.2) is 0 Å². The van der Waals surface area contributed by atoms with Gasteiger partial charge in [-0.05, 0) is 42.5 Å². The highest BCUT2D eigenvalue weighted by molar-refractivity contribution is 5.95. The number of aryl methyl sites for hydroxylation is 1. The number of pyridine rings is 1. The molecule has 3 N–H and O–H groups in total. The lowest BCUT2D eigenvalue weighted by atomic mass is 9.89. The lowest BCUT2D eigenvalue weighted by Gasteiger charge is -2.20. The molecule has 1 amide bonds. The van der Waals surface area contributed by atoms with Gasteiger partial charge in [-0.25, -0.2) is 0 Å². The minimum atomic E-state index is -0.0909. The molecule has 1 aromatic carbocycles. The van der Waals surface area contributed by atoms with Gasteiger partial charge in [-0.3, -0.25) is 14.5 Å². The van der Waals surface area contributed by atoms with Crippen LogP contribution in [-0.4, -0.2) is 25.9 Å². The van der Waals surface area contributed by atoms with Crippen molar-refractivity contribution >= 4 is 17.3 Å². The third-order valence-electron chi connectivity index (χ3n) is 5.69. The average molecular weight is 405 g/mol. The zero-order valence-electron chi connectivity index (χ0n) is 17.1. The molecule has 1 fully saturated rings. The van der Waals surface area contributed by atoms with Crippen LogP contribution >= 0.6 is 0 Å². The third kappa shape index (κ3) is 5.23. The summed E-state index contributed by atoms with van der Waals surface area (Å²) < 4.78 is 1.93. The second kappa shape index (κ2) is 9.52. The first-order valence-corrected chi connectivity index (χ1v) is 10.7. The van der Waals surface area contributed by atoms with Gasteiger partial charge in [-0.1, -0.05) is 36.6 Å². The average Bonchev–Trinajstić information content (AvgIpc) is 3.22. The van der Waals surface area contributed by atoms with Gasteiger partial charge in [-0.15, -0.1) is 5.10 Å². The predicted octanol–water partition coefficient (Wildman–Crippen LogP) is 4.07. The van der Waals surface area contributed by atoms with Crippen LogP contribution in [0.2, 0.25) is 0 Å². The Morgan fingerprint density at radius 3 is 2.83 bits per heavy atom. The Morgan fingerprint density at radius 2 is 2.03 bits per heavy atom. The zero-order valence-corrected chi connectivity index (χ0v) is 17.1. The van der Waals surface area contributed by atoms with Gasteiger partial charge in [0, 0.05) is 43.5 Å². The number of nitrogens with one attached hydrogen (secondary N) is 1. The standard InChI is InChI=1S/C23H28N6O/c24-21-10-8-18(19-7-4-12-25-14-19)13-22(21)26-23(30)11-9-20-16-29(28-27-20)15-17-5-2-1-3-6-17/h4,7-8,10,12-14,16-17H,1-3,5-6,9,11,15,24H2,(H,26,30). The smallest absolute Gasteiger partial charge is 0.224 e. The topological polar surface area (TPSA) is 98.7 Å². The van der Waals surface area contributed by atoms with Crippen molar-refractivity contribution in [3.63, 3.8) is 0 Å². The number of hydrogen-bond donors (Lipinski definition) is 2. The fraction of sp³-hybridized carbons (Fsp3) is 0.391. The van der Waals surface area contributed by atoms with E-state index < -0.39 is 0 Å². The van der Waals surface area contributed by atoms with Crippen molar-refractivity contribution in [3.05, 3.63) is 54.6 Å². The van der Waals surface area contributed by atoms with Crippen LogP contribution in [0.5, 0.6) is 0 Å². The lowest BCUT2D eigenvalue weighted by Crippen LogP contribution is -2.14. The Kier molecular flexibility index (Phi) is 6.37. The van der Waals surface area contributed by atoms with Gasteiger partial charge in [0.25, 0.3) is 0 Å². The normalized spacial score (nSPS) is 14.5. The molecular weight excluding hydrogens is 376 g/mol. The largest absolute Gasteiger partial charge is 0.397 e. The number of nitrogens with two attached hydrogens (primary N) is 1. The van der Waals surface area contributed by atoms with Crippen molar-refractivity contribution in [1.82, 2.24) is 20.0 Å². The van der Waals surface area contributed by atoms with Gasteiger partial charge < -0.3 is 11.1 Å². The van der Waals surface area contributed by atoms with Gasteiger partial charge in [0.05, 0.1) is 17.1 Å². The van der Waals surface area contributed by atoms with E-state index in [1.807, 2.05) is 35.1 Å². The summed E-state index contributed by atoms with van der Waals surface area (Å²) in [6.45, 7) is 0.927. The Hall–Kier alpha value is -3.22. The molecule has 156 valence electrons. The number of carbonyl (C=O) groups is 1. The van der Waals surface area contributed by atoms with Gasteiger partial charge in [0.1, 0.15) is 0 Å². The van der Waals surface area contributed by atoms with E-state index in [1.54, 1.807) is 18.5 Å². The monoisotopic (exact) mass is 404 g/mol. The number of nitrogens with zero attached hydrogens (tertiary/aromatic N) is 4. The van der Waals surface area contributed by atoms with E-state index in [1.165, 1.54) is 32.1 Å². The SMILES string of the molecule is Nc1ccc(-c2cccnc2)cc1NC(=O)CCc1cn(CC2CCCCC2)nn1. The molecule has 0 bridgehead atoms. The van der Waals surface area contributed by atoms with E-state index in [2.05, 4.69) is 20.6 Å². The molecular formula is C23H28N6O. The van der Waals surface area contributed by atoms with E-state index in [0.29, 0.717) is 30.1 Å². The summed E-state index contributed by atoms with van der Waals surface area (Å²) in [7, 11) is 0. The molecule has 0 unspecified atom stereocenters. The molecule has 0 atom stereocenters. The highest BCUT2D eigenvalue weighted by Gasteiger charge is 2.15. The van der Waals surface area contributed by atoms with Crippen LogP contribution < -0.4 is 11.1 Å². The summed E-state index contributed by atoms with van der Waals surface area (Å²) in [4.78, 5) is 16.6. The predicted molar refractivity (Wildman–Crippen MR) is 118 cm³/mol. The second-order valence-electron chi connectivity index (χ2n) is 8.03. The van der Waals surface area contributed by atoms with Crippen LogP contribution in [-0.2, 0) is 17.8 Å².